The molecule has 1 aliphatic heterocycles. The predicted molar refractivity (Wildman–Crippen MR) is 74.4 cm³/mol. The van der Waals surface area contributed by atoms with Crippen LogP contribution in [0.15, 0.2) is 0 Å². The zero-order valence-corrected chi connectivity index (χ0v) is 12.6. The zero-order chi connectivity index (χ0) is 14.5. The van der Waals surface area contributed by atoms with E-state index in [0.717, 1.165) is 19.3 Å². The first kappa shape index (κ1) is 16.0. The predicted octanol–water partition coefficient (Wildman–Crippen LogP) is 2.78. The summed E-state index contributed by atoms with van der Waals surface area (Å²) in [6, 6.07) is 2.27. The van der Waals surface area contributed by atoms with Crippen LogP contribution in [0.2, 0.25) is 0 Å². The van der Waals surface area contributed by atoms with Crippen molar-refractivity contribution >= 4 is 5.91 Å². The number of rotatable bonds is 6. The van der Waals surface area contributed by atoms with Crippen molar-refractivity contribution in [2.75, 3.05) is 6.61 Å². The Kier molecular flexibility index (Phi) is 5.37. The Labute approximate surface area is 116 Å². The van der Waals surface area contributed by atoms with Crippen molar-refractivity contribution in [3.8, 4) is 6.07 Å². The molecule has 0 saturated carbocycles. The SMILES string of the molecule is CCCC(C#N)(CCC)C(=O)NC1(C)CCOC1C. The summed E-state index contributed by atoms with van der Waals surface area (Å²) in [5.74, 6) is -0.126. The maximum absolute atomic E-state index is 12.6. The van der Waals surface area contributed by atoms with Gasteiger partial charge in [0.2, 0.25) is 5.91 Å². The van der Waals surface area contributed by atoms with Crippen LogP contribution in [0, 0.1) is 16.7 Å². The summed E-state index contributed by atoms with van der Waals surface area (Å²) in [5.41, 5.74) is -1.23. The fourth-order valence-electron chi connectivity index (χ4n) is 2.75. The Morgan fingerprint density at radius 2 is 2.05 bits per heavy atom. The van der Waals surface area contributed by atoms with E-state index < -0.39 is 5.41 Å². The number of nitrogens with one attached hydrogen (secondary N) is 1. The van der Waals surface area contributed by atoms with Gasteiger partial charge in [0.1, 0.15) is 5.41 Å². The molecule has 1 rings (SSSR count). The quantitative estimate of drug-likeness (QED) is 0.804. The third-order valence-electron chi connectivity index (χ3n) is 4.29. The van der Waals surface area contributed by atoms with E-state index in [4.69, 9.17) is 4.74 Å². The average molecular weight is 266 g/mol. The van der Waals surface area contributed by atoms with Gasteiger partial charge in [-0.05, 0) is 33.1 Å². The minimum Gasteiger partial charge on any atom is -0.376 e. The number of hydrogen-bond acceptors (Lipinski definition) is 3. The highest BCUT2D eigenvalue weighted by atomic mass is 16.5. The van der Waals surface area contributed by atoms with Crippen molar-refractivity contribution < 1.29 is 9.53 Å². The highest BCUT2D eigenvalue weighted by molar-refractivity contribution is 5.86. The third-order valence-corrected chi connectivity index (χ3v) is 4.29. The second kappa shape index (κ2) is 6.38. The van der Waals surface area contributed by atoms with E-state index >= 15 is 0 Å². The number of nitrogens with zero attached hydrogens (tertiary/aromatic N) is 1. The molecule has 1 amide bonds. The molecule has 0 bridgehead atoms. The van der Waals surface area contributed by atoms with Gasteiger partial charge < -0.3 is 10.1 Å². The lowest BCUT2D eigenvalue weighted by Gasteiger charge is -2.34. The molecule has 0 spiro atoms. The van der Waals surface area contributed by atoms with Crippen molar-refractivity contribution in [1.29, 1.82) is 5.26 Å². The van der Waals surface area contributed by atoms with E-state index in [0.29, 0.717) is 19.4 Å². The molecule has 0 aromatic rings. The number of hydrogen-bond donors (Lipinski definition) is 1. The van der Waals surface area contributed by atoms with E-state index in [2.05, 4.69) is 11.4 Å². The molecular formula is C15H26N2O2. The number of amides is 1. The van der Waals surface area contributed by atoms with Crippen LogP contribution in [0.5, 0.6) is 0 Å². The lowest BCUT2D eigenvalue weighted by Crippen LogP contribution is -2.55. The summed E-state index contributed by atoms with van der Waals surface area (Å²) in [7, 11) is 0. The average Bonchev–Trinajstić information content (AvgIpc) is 2.68. The largest absolute Gasteiger partial charge is 0.376 e. The molecule has 19 heavy (non-hydrogen) atoms. The Morgan fingerprint density at radius 1 is 1.47 bits per heavy atom. The van der Waals surface area contributed by atoms with Gasteiger partial charge in [0.25, 0.3) is 0 Å². The van der Waals surface area contributed by atoms with Crippen LogP contribution < -0.4 is 5.32 Å². The fourth-order valence-corrected chi connectivity index (χ4v) is 2.75. The van der Waals surface area contributed by atoms with Crippen molar-refractivity contribution in [2.24, 2.45) is 5.41 Å². The monoisotopic (exact) mass is 266 g/mol. The van der Waals surface area contributed by atoms with Crippen molar-refractivity contribution in [1.82, 2.24) is 5.32 Å². The highest BCUT2D eigenvalue weighted by Crippen LogP contribution is 2.32. The molecule has 2 unspecified atom stereocenters. The zero-order valence-electron chi connectivity index (χ0n) is 12.6. The lowest BCUT2D eigenvalue weighted by atomic mass is 9.78. The smallest absolute Gasteiger partial charge is 0.240 e. The minimum atomic E-state index is -0.880. The topological polar surface area (TPSA) is 62.1 Å². The molecule has 0 aromatic heterocycles. The summed E-state index contributed by atoms with van der Waals surface area (Å²) in [4.78, 5) is 12.6. The third kappa shape index (κ3) is 3.27. The maximum Gasteiger partial charge on any atom is 0.240 e. The molecule has 2 atom stereocenters. The van der Waals surface area contributed by atoms with Crippen LogP contribution in [-0.2, 0) is 9.53 Å². The molecule has 1 fully saturated rings. The Morgan fingerprint density at radius 3 is 2.42 bits per heavy atom. The van der Waals surface area contributed by atoms with Gasteiger partial charge in [-0.15, -0.1) is 0 Å². The van der Waals surface area contributed by atoms with Gasteiger partial charge >= 0.3 is 0 Å². The first-order chi connectivity index (χ1) is 8.94. The minimum absolute atomic E-state index is 0.00361. The number of ether oxygens (including phenoxy) is 1. The van der Waals surface area contributed by atoms with Crippen molar-refractivity contribution in [2.45, 2.75) is 71.4 Å². The molecule has 4 heteroatoms. The van der Waals surface area contributed by atoms with E-state index in [-0.39, 0.29) is 17.6 Å². The molecule has 1 heterocycles. The normalized spacial score (nSPS) is 27.0. The number of nitriles is 1. The summed E-state index contributed by atoms with van der Waals surface area (Å²) in [6.45, 7) is 8.67. The number of carbonyl (C=O) groups excluding carboxylic acids is 1. The first-order valence-electron chi connectivity index (χ1n) is 7.29. The number of carbonyl (C=O) groups is 1. The highest BCUT2D eigenvalue weighted by Gasteiger charge is 2.44. The Balaban J connectivity index is 2.86. The van der Waals surface area contributed by atoms with Crippen LogP contribution in [0.25, 0.3) is 0 Å². The van der Waals surface area contributed by atoms with Crippen LogP contribution >= 0.6 is 0 Å². The van der Waals surface area contributed by atoms with Crippen molar-refractivity contribution in [3.05, 3.63) is 0 Å². The Hall–Kier alpha value is -1.08. The van der Waals surface area contributed by atoms with Crippen LogP contribution in [-0.4, -0.2) is 24.2 Å². The van der Waals surface area contributed by atoms with Crippen LogP contribution in [0.4, 0.5) is 0 Å². The molecule has 1 N–H and O–H groups in total. The molecule has 4 nitrogen and oxygen atoms in total. The summed E-state index contributed by atoms with van der Waals surface area (Å²) in [6.07, 6.45) is 3.71. The van der Waals surface area contributed by atoms with Gasteiger partial charge in [0.15, 0.2) is 0 Å². The summed E-state index contributed by atoms with van der Waals surface area (Å²) in [5, 5.41) is 12.6. The van der Waals surface area contributed by atoms with Gasteiger partial charge in [-0.25, -0.2) is 0 Å². The van der Waals surface area contributed by atoms with E-state index in [9.17, 15) is 10.1 Å². The first-order valence-corrected chi connectivity index (χ1v) is 7.29. The van der Waals surface area contributed by atoms with E-state index in [1.54, 1.807) is 0 Å². The molecule has 0 aromatic carbocycles. The molecular weight excluding hydrogens is 240 g/mol. The molecule has 0 radical (unpaired) electrons. The molecule has 108 valence electrons. The Bertz CT molecular complexity index is 356. The summed E-state index contributed by atoms with van der Waals surface area (Å²) >= 11 is 0. The van der Waals surface area contributed by atoms with Crippen molar-refractivity contribution in [3.63, 3.8) is 0 Å². The van der Waals surface area contributed by atoms with E-state index in [1.165, 1.54) is 0 Å². The van der Waals surface area contributed by atoms with Crippen LogP contribution in [0.3, 0.4) is 0 Å². The second-order valence-corrected chi connectivity index (χ2v) is 5.83. The lowest BCUT2D eigenvalue weighted by molar-refractivity contribution is -0.131. The second-order valence-electron chi connectivity index (χ2n) is 5.83. The maximum atomic E-state index is 12.6. The van der Waals surface area contributed by atoms with Gasteiger partial charge in [-0.2, -0.15) is 5.26 Å². The van der Waals surface area contributed by atoms with E-state index in [1.807, 2.05) is 27.7 Å². The van der Waals surface area contributed by atoms with Crippen LogP contribution in [0.1, 0.15) is 59.8 Å². The molecule has 0 aliphatic carbocycles. The van der Waals surface area contributed by atoms with Gasteiger partial charge in [0, 0.05) is 6.61 Å². The van der Waals surface area contributed by atoms with Gasteiger partial charge in [-0.1, -0.05) is 26.7 Å². The molecule has 1 aliphatic rings. The molecule has 1 saturated heterocycles. The summed E-state index contributed by atoms with van der Waals surface area (Å²) < 4.78 is 5.54. The standard InChI is InChI=1S/C15H26N2O2/c1-5-7-15(11-16,8-6-2)13(18)17-14(4)9-10-19-12(14)3/h12H,5-10H2,1-4H3,(H,17,18). The van der Waals surface area contributed by atoms with Gasteiger partial charge in [0.05, 0.1) is 17.7 Å². The van der Waals surface area contributed by atoms with Gasteiger partial charge in [-0.3, -0.25) is 4.79 Å². The fraction of sp³-hybridized carbons (Fsp3) is 0.867.